The molecule has 8 heteroatoms. The molecule has 0 unspecified atom stereocenters. The summed E-state index contributed by atoms with van der Waals surface area (Å²) in [5.41, 5.74) is 1.80. The van der Waals surface area contributed by atoms with Crippen LogP contribution in [0.3, 0.4) is 0 Å². The second-order valence-corrected chi connectivity index (χ2v) is 6.09. The number of methoxy groups -OCH3 is 1. The summed E-state index contributed by atoms with van der Waals surface area (Å²) in [5.74, 6) is 2.55. The molecule has 0 amide bonds. The third-order valence-electron chi connectivity index (χ3n) is 4.35. The van der Waals surface area contributed by atoms with Gasteiger partial charge in [-0.1, -0.05) is 0 Å². The summed E-state index contributed by atoms with van der Waals surface area (Å²) in [6.07, 6.45) is 6.28. The fourth-order valence-corrected chi connectivity index (χ4v) is 3.12. The number of ether oxygens (including phenoxy) is 1. The van der Waals surface area contributed by atoms with Crippen molar-refractivity contribution in [1.29, 1.82) is 0 Å². The van der Waals surface area contributed by atoms with Crippen LogP contribution < -0.4 is 15.4 Å². The van der Waals surface area contributed by atoms with Crippen molar-refractivity contribution in [3.8, 4) is 5.88 Å². The van der Waals surface area contributed by atoms with Crippen LogP contribution >= 0.6 is 0 Å². The maximum atomic E-state index is 5.09. The molecule has 4 rings (SSSR count). The van der Waals surface area contributed by atoms with Gasteiger partial charge < -0.3 is 19.9 Å². The fourth-order valence-electron chi connectivity index (χ4n) is 3.12. The van der Waals surface area contributed by atoms with Gasteiger partial charge in [-0.3, -0.25) is 0 Å². The summed E-state index contributed by atoms with van der Waals surface area (Å²) >= 11 is 0. The van der Waals surface area contributed by atoms with E-state index in [0.29, 0.717) is 23.4 Å². The number of nitrogens with zero attached hydrogens (tertiary/aromatic N) is 4. The van der Waals surface area contributed by atoms with Gasteiger partial charge in [0.05, 0.1) is 13.3 Å². The SMILES string of the molecule is COc1cc(Nc2cnc3ccn(C[C@H]4CCCNC4)c3n2)n[nH]1. The topological polar surface area (TPSA) is 92.7 Å². The van der Waals surface area contributed by atoms with Gasteiger partial charge in [-0.15, -0.1) is 0 Å². The molecular formula is C16H21N7O. The highest BCUT2D eigenvalue weighted by Crippen LogP contribution is 2.21. The molecule has 0 aliphatic carbocycles. The van der Waals surface area contributed by atoms with Crippen molar-refractivity contribution in [2.75, 3.05) is 25.5 Å². The van der Waals surface area contributed by atoms with Crippen LogP contribution in [0.25, 0.3) is 11.2 Å². The molecule has 3 aromatic heterocycles. The Morgan fingerprint density at radius 3 is 3.17 bits per heavy atom. The Kier molecular flexibility index (Phi) is 4.04. The van der Waals surface area contributed by atoms with E-state index >= 15 is 0 Å². The Morgan fingerprint density at radius 1 is 1.42 bits per heavy atom. The lowest BCUT2D eigenvalue weighted by atomic mass is 10.00. The number of aromatic nitrogens is 5. The molecule has 4 heterocycles. The third kappa shape index (κ3) is 3.05. The van der Waals surface area contributed by atoms with Gasteiger partial charge >= 0.3 is 0 Å². The van der Waals surface area contributed by atoms with Crippen LogP contribution in [0.2, 0.25) is 0 Å². The van der Waals surface area contributed by atoms with E-state index in [-0.39, 0.29) is 0 Å². The number of nitrogens with one attached hydrogen (secondary N) is 3. The van der Waals surface area contributed by atoms with Gasteiger partial charge in [0.15, 0.2) is 17.3 Å². The average Bonchev–Trinajstić information content (AvgIpc) is 3.23. The second-order valence-electron chi connectivity index (χ2n) is 6.09. The van der Waals surface area contributed by atoms with Crippen LogP contribution in [0.15, 0.2) is 24.5 Å². The molecule has 3 N–H and O–H groups in total. The van der Waals surface area contributed by atoms with Gasteiger partial charge in [0, 0.05) is 18.8 Å². The van der Waals surface area contributed by atoms with Gasteiger partial charge in [-0.25, -0.2) is 15.1 Å². The maximum Gasteiger partial charge on any atom is 0.210 e. The lowest BCUT2D eigenvalue weighted by Gasteiger charge is -2.23. The monoisotopic (exact) mass is 327 g/mol. The Labute approximate surface area is 139 Å². The Bertz CT molecular complexity index is 819. The van der Waals surface area contributed by atoms with Crippen LogP contribution in [0.4, 0.5) is 11.6 Å². The van der Waals surface area contributed by atoms with Crippen molar-refractivity contribution in [2.45, 2.75) is 19.4 Å². The summed E-state index contributed by atoms with van der Waals surface area (Å²) < 4.78 is 7.28. The molecule has 1 saturated heterocycles. The number of fused-ring (bicyclic) bond motifs is 1. The first-order valence-corrected chi connectivity index (χ1v) is 8.21. The van der Waals surface area contributed by atoms with Crippen LogP contribution in [0.5, 0.6) is 5.88 Å². The molecule has 0 saturated carbocycles. The number of piperidine rings is 1. The highest BCUT2D eigenvalue weighted by Gasteiger charge is 2.15. The number of H-pyrrole nitrogens is 1. The van der Waals surface area contributed by atoms with Gasteiger partial charge in [-0.05, 0) is 37.9 Å². The van der Waals surface area contributed by atoms with E-state index in [0.717, 1.165) is 30.8 Å². The first-order chi connectivity index (χ1) is 11.8. The van der Waals surface area contributed by atoms with Crippen LogP contribution in [0, 0.1) is 5.92 Å². The van der Waals surface area contributed by atoms with E-state index in [1.807, 2.05) is 6.07 Å². The predicted molar refractivity (Wildman–Crippen MR) is 91.5 cm³/mol. The van der Waals surface area contributed by atoms with Crippen LogP contribution in [0.1, 0.15) is 12.8 Å². The van der Waals surface area contributed by atoms with Crippen LogP contribution in [-0.4, -0.2) is 44.9 Å². The van der Waals surface area contributed by atoms with Crippen molar-refractivity contribution in [2.24, 2.45) is 5.92 Å². The van der Waals surface area contributed by atoms with E-state index in [4.69, 9.17) is 9.72 Å². The molecule has 3 aromatic rings. The molecule has 0 radical (unpaired) electrons. The Hall–Kier alpha value is -2.61. The Morgan fingerprint density at radius 2 is 2.38 bits per heavy atom. The molecule has 1 atom stereocenters. The van der Waals surface area contributed by atoms with Crippen molar-refractivity contribution in [3.05, 3.63) is 24.5 Å². The largest absolute Gasteiger partial charge is 0.481 e. The normalized spacial score (nSPS) is 18.0. The van der Waals surface area contributed by atoms with E-state index in [1.54, 1.807) is 19.4 Å². The van der Waals surface area contributed by atoms with E-state index < -0.39 is 0 Å². The first-order valence-electron chi connectivity index (χ1n) is 8.21. The highest BCUT2D eigenvalue weighted by atomic mass is 16.5. The highest BCUT2D eigenvalue weighted by molar-refractivity contribution is 5.73. The van der Waals surface area contributed by atoms with Crippen molar-refractivity contribution < 1.29 is 4.74 Å². The van der Waals surface area contributed by atoms with Crippen molar-refractivity contribution in [1.82, 2.24) is 30.0 Å². The zero-order chi connectivity index (χ0) is 16.4. The first kappa shape index (κ1) is 14.9. The lowest BCUT2D eigenvalue weighted by molar-refractivity contribution is 0.340. The molecular weight excluding hydrogens is 306 g/mol. The minimum Gasteiger partial charge on any atom is -0.481 e. The molecule has 1 aliphatic heterocycles. The number of hydrogen-bond acceptors (Lipinski definition) is 6. The maximum absolute atomic E-state index is 5.09. The summed E-state index contributed by atoms with van der Waals surface area (Å²) in [7, 11) is 1.59. The average molecular weight is 327 g/mol. The standard InChI is InChI=1S/C16H21N7O/c1-24-15-7-13(21-22-15)19-14-9-18-12-4-6-23(16(12)20-14)10-11-3-2-5-17-8-11/h4,6-7,9,11,17H,2-3,5,8,10H2,1H3,(H2,19,20,21,22)/t11-/m0/s1. The smallest absolute Gasteiger partial charge is 0.210 e. The number of aromatic amines is 1. The van der Waals surface area contributed by atoms with E-state index in [9.17, 15) is 0 Å². The summed E-state index contributed by atoms with van der Waals surface area (Å²) in [5, 5.41) is 13.5. The molecule has 1 fully saturated rings. The van der Waals surface area contributed by atoms with Gasteiger partial charge in [0.1, 0.15) is 5.52 Å². The van der Waals surface area contributed by atoms with Crippen molar-refractivity contribution >= 4 is 22.8 Å². The fraction of sp³-hybridized carbons (Fsp3) is 0.438. The molecule has 126 valence electrons. The predicted octanol–water partition coefficient (Wildman–Crippen LogP) is 1.91. The van der Waals surface area contributed by atoms with E-state index in [2.05, 4.69) is 36.6 Å². The minimum absolute atomic E-state index is 0.597. The number of anilines is 2. The molecule has 0 bridgehead atoms. The van der Waals surface area contributed by atoms with E-state index in [1.165, 1.54) is 12.8 Å². The third-order valence-corrected chi connectivity index (χ3v) is 4.35. The molecule has 8 nitrogen and oxygen atoms in total. The summed E-state index contributed by atoms with van der Waals surface area (Å²) in [6.45, 7) is 3.16. The minimum atomic E-state index is 0.597. The molecule has 24 heavy (non-hydrogen) atoms. The number of rotatable bonds is 5. The lowest BCUT2D eigenvalue weighted by Crippen LogP contribution is -2.32. The van der Waals surface area contributed by atoms with Crippen LogP contribution in [-0.2, 0) is 6.54 Å². The quantitative estimate of drug-likeness (QED) is 0.663. The second kappa shape index (κ2) is 6.48. The molecule has 0 spiro atoms. The number of hydrogen-bond donors (Lipinski definition) is 3. The molecule has 0 aromatic carbocycles. The Balaban J connectivity index is 1.55. The van der Waals surface area contributed by atoms with Gasteiger partial charge in [0.2, 0.25) is 5.88 Å². The summed E-state index contributed by atoms with van der Waals surface area (Å²) in [6, 6.07) is 3.79. The zero-order valence-corrected chi connectivity index (χ0v) is 13.6. The molecule has 1 aliphatic rings. The van der Waals surface area contributed by atoms with Gasteiger partial charge in [0.25, 0.3) is 0 Å². The van der Waals surface area contributed by atoms with Gasteiger partial charge in [-0.2, -0.15) is 5.10 Å². The zero-order valence-electron chi connectivity index (χ0n) is 13.6. The van der Waals surface area contributed by atoms with Crippen molar-refractivity contribution in [3.63, 3.8) is 0 Å². The summed E-state index contributed by atoms with van der Waals surface area (Å²) in [4.78, 5) is 9.19.